The number of hydrogen-bond donors (Lipinski definition) is 1. The largest absolute Gasteiger partial charge is 0.357 e. The average Bonchev–Trinajstić information content (AvgIpc) is 3.48. The van der Waals surface area contributed by atoms with Gasteiger partial charge in [-0.1, -0.05) is 24.3 Å². The summed E-state index contributed by atoms with van der Waals surface area (Å²) < 4.78 is 3.95. The van der Waals surface area contributed by atoms with Crippen LogP contribution in [0.1, 0.15) is 36.0 Å². The van der Waals surface area contributed by atoms with E-state index in [1.165, 1.54) is 16.7 Å². The molecule has 1 aliphatic heterocycles. The van der Waals surface area contributed by atoms with Gasteiger partial charge in [-0.2, -0.15) is 5.10 Å². The van der Waals surface area contributed by atoms with Gasteiger partial charge >= 0.3 is 0 Å². The summed E-state index contributed by atoms with van der Waals surface area (Å²) in [5, 5.41) is 7.78. The Labute approximate surface area is 172 Å². The van der Waals surface area contributed by atoms with E-state index < -0.39 is 0 Å². The van der Waals surface area contributed by atoms with Crippen LogP contribution in [0.3, 0.4) is 0 Å². The quantitative estimate of drug-likeness (QED) is 0.518. The number of nitrogens with zero attached hydrogens (tertiary/aromatic N) is 6. The summed E-state index contributed by atoms with van der Waals surface area (Å²) in [6.45, 7) is 6.53. The molecule has 1 fully saturated rings. The lowest BCUT2D eigenvalue weighted by Gasteiger charge is -2.21. The van der Waals surface area contributed by atoms with E-state index in [0.29, 0.717) is 12.5 Å². The molecule has 1 aliphatic rings. The Kier molecular flexibility index (Phi) is 5.93. The Morgan fingerprint density at radius 2 is 2.07 bits per heavy atom. The van der Waals surface area contributed by atoms with Gasteiger partial charge in [-0.05, 0) is 30.0 Å². The molecule has 7 nitrogen and oxygen atoms in total. The smallest absolute Gasteiger partial charge is 0.194 e. The molecule has 3 heterocycles. The van der Waals surface area contributed by atoms with Crippen molar-refractivity contribution in [2.45, 2.75) is 32.4 Å². The normalized spacial score (nSPS) is 17.1. The number of rotatable bonds is 6. The zero-order valence-corrected chi connectivity index (χ0v) is 17.2. The molecule has 0 bridgehead atoms. The molecule has 0 aliphatic carbocycles. The highest BCUT2D eigenvalue weighted by Crippen LogP contribution is 2.26. The second-order valence-corrected chi connectivity index (χ2v) is 7.60. The summed E-state index contributed by atoms with van der Waals surface area (Å²) in [6, 6.07) is 8.68. The molecule has 7 heteroatoms. The third-order valence-corrected chi connectivity index (χ3v) is 5.38. The molecule has 0 amide bonds. The Morgan fingerprint density at radius 1 is 1.24 bits per heavy atom. The number of guanidine groups is 1. The standard InChI is InChI=1S/C22H29N7/c1-3-24-22(29-10-8-20(16-29)21-13-26-27(2)15-21)25-12-18-4-6-19(7-5-18)14-28-11-9-23-17-28/h4-7,9,11,13,15,17,20H,3,8,10,12,14,16H2,1-2H3,(H,24,25). The number of aliphatic imine (C=N–C) groups is 1. The molecule has 0 radical (unpaired) electrons. The van der Waals surface area contributed by atoms with Crippen molar-refractivity contribution >= 4 is 5.96 Å². The van der Waals surface area contributed by atoms with E-state index >= 15 is 0 Å². The minimum Gasteiger partial charge on any atom is -0.357 e. The third-order valence-electron chi connectivity index (χ3n) is 5.38. The van der Waals surface area contributed by atoms with Crippen LogP contribution in [0.5, 0.6) is 0 Å². The Balaban J connectivity index is 1.38. The summed E-state index contributed by atoms with van der Waals surface area (Å²) >= 11 is 0. The van der Waals surface area contributed by atoms with E-state index in [-0.39, 0.29) is 0 Å². The fourth-order valence-corrected chi connectivity index (χ4v) is 3.81. The maximum Gasteiger partial charge on any atom is 0.194 e. The summed E-state index contributed by atoms with van der Waals surface area (Å²) in [5.74, 6) is 1.52. The highest BCUT2D eigenvalue weighted by atomic mass is 15.3. The number of hydrogen-bond acceptors (Lipinski definition) is 3. The summed E-state index contributed by atoms with van der Waals surface area (Å²) in [4.78, 5) is 11.4. The van der Waals surface area contributed by atoms with Gasteiger partial charge in [0.15, 0.2) is 5.96 Å². The minimum atomic E-state index is 0.523. The van der Waals surface area contributed by atoms with E-state index in [1.54, 1.807) is 0 Å². The topological polar surface area (TPSA) is 63.3 Å². The van der Waals surface area contributed by atoms with Crippen LogP contribution >= 0.6 is 0 Å². The molecule has 1 aromatic carbocycles. The number of nitrogens with one attached hydrogen (secondary N) is 1. The van der Waals surface area contributed by atoms with Crippen LogP contribution in [0, 0.1) is 0 Å². The molecular formula is C22H29N7. The molecular weight excluding hydrogens is 362 g/mol. The number of aromatic nitrogens is 4. The molecule has 0 spiro atoms. The fourth-order valence-electron chi connectivity index (χ4n) is 3.81. The first-order valence-corrected chi connectivity index (χ1v) is 10.3. The number of likely N-dealkylation sites (tertiary alicyclic amines) is 1. The van der Waals surface area contributed by atoms with Gasteiger partial charge in [0.1, 0.15) is 0 Å². The lowest BCUT2D eigenvalue weighted by atomic mass is 10.0. The van der Waals surface area contributed by atoms with Crippen LogP contribution in [-0.4, -0.2) is 49.8 Å². The lowest BCUT2D eigenvalue weighted by molar-refractivity contribution is 0.486. The Morgan fingerprint density at radius 3 is 2.76 bits per heavy atom. The number of aryl methyl sites for hydroxylation is 1. The van der Waals surface area contributed by atoms with Crippen LogP contribution < -0.4 is 5.32 Å². The number of benzene rings is 1. The van der Waals surface area contributed by atoms with Crippen LogP contribution in [0.4, 0.5) is 0 Å². The van der Waals surface area contributed by atoms with Crippen LogP contribution in [0.15, 0.2) is 60.4 Å². The molecule has 0 saturated carbocycles. The van der Waals surface area contributed by atoms with E-state index in [4.69, 9.17) is 4.99 Å². The van der Waals surface area contributed by atoms with Gasteiger partial charge in [0.05, 0.1) is 19.1 Å². The zero-order chi connectivity index (χ0) is 20.1. The van der Waals surface area contributed by atoms with Gasteiger partial charge in [0.25, 0.3) is 0 Å². The molecule has 1 unspecified atom stereocenters. The predicted molar refractivity (Wildman–Crippen MR) is 115 cm³/mol. The van der Waals surface area contributed by atoms with Crippen molar-refractivity contribution in [1.29, 1.82) is 0 Å². The monoisotopic (exact) mass is 391 g/mol. The van der Waals surface area contributed by atoms with Crippen LogP contribution in [-0.2, 0) is 20.1 Å². The van der Waals surface area contributed by atoms with E-state index in [1.807, 2.05) is 36.6 Å². The van der Waals surface area contributed by atoms with E-state index in [2.05, 4.69) is 62.3 Å². The first kappa shape index (κ1) is 19.2. The molecule has 2 aromatic heterocycles. The minimum absolute atomic E-state index is 0.523. The lowest BCUT2D eigenvalue weighted by Crippen LogP contribution is -2.40. The molecule has 1 atom stereocenters. The number of imidazole rings is 1. The maximum atomic E-state index is 4.90. The predicted octanol–water partition coefficient (Wildman–Crippen LogP) is 2.62. The first-order chi connectivity index (χ1) is 14.2. The van der Waals surface area contributed by atoms with Gasteiger partial charge in [0.2, 0.25) is 0 Å². The van der Waals surface area contributed by atoms with Gasteiger partial charge < -0.3 is 14.8 Å². The van der Waals surface area contributed by atoms with Crippen molar-refractivity contribution in [3.05, 3.63) is 72.1 Å². The van der Waals surface area contributed by atoms with Crippen molar-refractivity contribution in [2.75, 3.05) is 19.6 Å². The van der Waals surface area contributed by atoms with Crippen molar-refractivity contribution in [1.82, 2.24) is 29.5 Å². The first-order valence-electron chi connectivity index (χ1n) is 10.3. The summed E-state index contributed by atoms with van der Waals surface area (Å²) in [5.41, 5.74) is 3.80. The van der Waals surface area contributed by atoms with Crippen LogP contribution in [0.25, 0.3) is 0 Å². The van der Waals surface area contributed by atoms with Gasteiger partial charge in [-0.3, -0.25) is 4.68 Å². The fraction of sp³-hybridized carbons (Fsp3) is 0.409. The molecule has 3 aromatic rings. The second-order valence-electron chi connectivity index (χ2n) is 7.60. The van der Waals surface area contributed by atoms with Crippen molar-refractivity contribution < 1.29 is 0 Å². The third kappa shape index (κ3) is 4.85. The zero-order valence-electron chi connectivity index (χ0n) is 17.2. The van der Waals surface area contributed by atoms with Crippen LogP contribution in [0.2, 0.25) is 0 Å². The Hall–Kier alpha value is -3.09. The highest BCUT2D eigenvalue weighted by Gasteiger charge is 2.26. The molecule has 4 rings (SSSR count). The SMILES string of the molecule is CCNC(=NCc1ccc(Cn2ccnc2)cc1)N1CCC(c2cnn(C)c2)C1. The molecule has 1 N–H and O–H groups in total. The van der Waals surface area contributed by atoms with E-state index in [9.17, 15) is 0 Å². The summed E-state index contributed by atoms with van der Waals surface area (Å²) in [6.07, 6.45) is 10.9. The highest BCUT2D eigenvalue weighted by molar-refractivity contribution is 5.80. The van der Waals surface area contributed by atoms with Gasteiger partial charge in [-0.15, -0.1) is 0 Å². The average molecular weight is 392 g/mol. The Bertz CT molecular complexity index is 924. The molecule has 1 saturated heterocycles. The van der Waals surface area contributed by atoms with Gasteiger partial charge in [0, 0.05) is 57.7 Å². The van der Waals surface area contributed by atoms with E-state index in [0.717, 1.165) is 38.6 Å². The molecule has 29 heavy (non-hydrogen) atoms. The summed E-state index contributed by atoms with van der Waals surface area (Å²) in [7, 11) is 1.97. The van der Waals surface area contributed by atoms with Crippen molar-refractivity contribution in [3.8, 4) is 0 Å². The van der Waals surface area contributed by atoms with Crippen molar-refractivity contribution in [2.24, 2.45) is 12.0 Å². The van der Waals surface area contributed by atoms with Crippen molar-refractivity contribution in [3.63, 3.8) is 0 Å². The molecule has 152 valence electrons. The maximum absolute atomic E-state index is 4.90. The van der Waals surface area contributed by atoms with Gasteiger partial charge in [-0.25, -0.2) is 9.98 Å². The second kappa shape index (κ2) is 8.94.